The van der Waals surface area contributed by atoms with Gasteiger partial charge in [0.2, 0.25) is 0 Å². The fraction of sp³-hybridized carbons (Fsp3) is 0.800. The first-order chi connectivity index (χ1) is 4.50. The average Bonchev–Trinajstić information content (AvgIpc) is 2.11. The molecular weight excluding hydrogens is 183 g/mol. The fourth-order valence-electron chi connectivity index (χ4n) is 1.17. The maximum Gasteiger partial charge on any atom is 1.00 e. The second-order valence-electron chi connectivity index (χ2n) is 2.67. The Hall–Kier alpha value is 1.16. The summed E-state index contributed by atoms with van der Waals surface area (Å²) in [5.41, 5.74) is 0. The number of hydrogen-bond donors (Lipinski definition) is 0. The Labute approximate surface area is 106 Å². The Morgan fingerprint density at radius 2 is 1.91 bits per heavy atom. The van der Waals surface area contributed by atoms with E-state index in [1.807, 2.05) is 0 Å². The van der Waals surface area contributed by atoms with Crippen molar-refractivity contribution in [1.29, 1.82) is 0 Å². The van der Waals surface area contributed by atoms with Crippen LogP contribution in [0.25, 0.3) is 0 Å². The molecule has 11 heavy (non-hydrogen) atoms. The molecule has 1 aliphatic rings. The van der Waals surface area contributed by atoms with Crippen LogP contribution < -0.4 is 51.4 Å². The summed E-state index contributed by atoms with van der Waals surface area (Å²) in [5, 5.41) is 0. The minimum atomic E-state index is -4.76. The van der Waals surface area contributed by atoms with Crippen molar-refractivity contribution in [2.24, 2.45) is 0 Å². The summed E-state index contributed by atoms with van der Waals surface area (Å²) in [5.74, 6) is -1.54. The molecule has 0 heterocycles. The molecule has 6 heteroatoms. The maximum absolute atomic E-state index is 11.8. The molecule has 1 atom stereocenters. The van der Waals surface area contributed by atoms with Gasteiger partial charge in [0.1, 0.15) is 5.78 Å². The third kappa shape index (κ3) is 3.59. The smallest absolute Gasteiger partial charge is 0.449 e. The molecule has 0 bridgehead atoms. The molecule has 1 fully saturated rings. The standard InChI is InChI=1S/C5H7BF3O.K/c7-6(8,9)4-1-2-5(10)3-4;/h4H,1-3H2;/q-1;+1. The van der Waals surface area contributed by atoms with E-state index in [4.69, 9.17) is 0 Å². The van der Waals surface area contributed by atoms with Crippen molar-refractivity contribution in [3.8, 4) is 0 Å². The van der Waals surface area contributed by atoms with Crippen LogP contribution in [0.1, 0.15) is 19.3 Å². The van der Waals surface area contributed by atoms with Crippen LogP contribution in [-0.2, 0) is 4.79 Å². The molecule has 1 aliphatic carbocycles. The van der Waals surface area contributed by atoms with Crippen molar-refractivity contribution < 1.29 is 69.1 Å². The van der Waals surface area contributed by atoms with E-state index < -0.39 is 12.8 Å². The topological polar surface area (TPSA) is 17.1 Å². The minimum Gasteiger partial charge on any atom is -0.449 e. The van der Waals surface area contributed by atoms with E-state index in [-0.39, 0.29) is 76.4 Å². The van der Waals surface area contributed by atoms with Crippen LogP contribution in [0.5, 0.6) is 0 Å². The van der Waals surface area contributed by atoms with Gasteiger partial charge in [0, 0.05) is 6.42 Å². The minimum absolute atomic E-state index is 0. The third-order valence-electron chi connectivity index (χ3n) is 1.82. The molecule has 58 valence electrons. The zero-order valence-corrected chi connectivity index (χ0v) is 9.44. The van der Waals surface area contributed by atoms with E-state index in [0.717, 1.165) is 0 Å². The van der Waals surface area contributed by atoms with Gasteiger partial charge in [-0.2, -0.15) is 0 Å². The first-order valence-corrected chi connectivity index (χ1v) is 3.22. The molecule has 0 spiro atoms. The molecule has 0 N–H and O–H groups in total. The second-order valence-corrected chi connectivity index (χ2v) is 2.67. The van der Waals surface area contributed by atoms with Gasteiger partial charge in [-0.25, -0.2) is 0 Å². The van der Waals surface area contributed by atoms with Crippen molar-refractivity contribution in [1.82, 2.24) is 0 Å². The van der Waals surface area contributed by atoms with Crippen LogP contribution in [-0.4, -0.2) is 12.8 Å². The Kier molecular flexibility index (Phi) is 4.88. The molecule has 0 aromatic carbocycles. The maximum atomic E-state index is 11.8. The van der Waals surface area contributed by atoms with Crippen LogP contribution in [0, 0.1) is 0 Å². The van der Waals surface area contributed by atoms with E-state index in [2.05, 4.69) is 0 Å². The SMILES string of the molecule is O=C1CCC([B-](F)(F)F)C1.[K+]. The van der Waals surface area contributed by atoms with Crippen molar-refractivity contribution in [2.75, 3.05) is 0 Å². The molecule has 1 nitrogen and oxygen atoms in total. The van der Waals surface area contributed by atoms with Crippen LogP contribution in [0.15, 0.2) is 0 Å². The number of halogens is 3. The van der Waals surface area contributed by atoms with Gasteiger partial charge < -0.3 is 12.9 Å². The number of carbonyl (C=O) groups is 1. The van der Waals surface area contributed by atoms with Crippen LogP contribution in [0.3, 0.4) is 0 Å². The molecule has 0 aliphatic heterocycles. The Morgan fingerprint density at radius 1 is 1.36 bits per heavy atom. The molecular formula is C5H7BF3KO. The molecule has 0 amide bonds. The van der Waals surface area contributed by atoms with E-state index in [0.29, 0.717) is 0 Å². The molecule has 0 aromatic rings. The molecule has 0 saturated heterocycles. The Bertz CT molecular complexity index is 158. The van der Waals surface area contributed by atoms with Gasteiger partial charge in [-0.3, -0.25) is 4.79 Å². The average molecular weight is 190 g/mol. The summed E-state index contributed by atoms with van der Waals surface area (Å²) in [6.07, 6.45) is -0.141. The van der Waals surface area contributed by atoms with E-state index in [1.165, 1.54) is 0 Å². The van der Waals surface area contributed by atoms with Gasteiger partial charge in [0.25, 0.3) is 0 Å². The van der Waals surface area contributed by atoms with Crippen LogP contribution >= 0.6 is 0 Å². The summed E-state index contributed by atoms with van der Waals surface area (Å²) < 4.78 is 35.5. The number of ketones is 1. The van der Waals surface area contributed by atoms with Crippen LogP contribution in [0.4, 0.5) is 12.9 Å². The summed E-state index contributed by atoms with van der Waals surface area (Å²) in [7, 11) is 0. The normalized spacial score (nSPS) is 25.0. The van der Waals surface area contributed by atoms with Crippen LogP contribution in [0.2, 0.25) is 5.82 Å². The van der Waals surface area contributed by atoms with Gasteiger partial charge >= 0.3 is 58.4 Å². The zero-order chi connectivity index (χ0) is 7.78. The molecule has 0 aromatic heterocycles. The fourth-order valence-corrected chi connectivity index (χ4v) is 1.17. The van der Waals surface area contributed by atoms with Gasteiger partial charge in [0.15, 0.2) is 0 Å². The number of rotatable bonds is 1. The zero-order valence-electron chi connectivity index (χ0n) is 6.32. The Morgan fingerprint density at radius 3 is 2.09 bits per heavy atom. The van der Waals surface area contributed by atoms with Crippen molar-refractivity contribution in [3.05, 3.63) is 0 Å². The van der Waals surface area contributed by atoms with E-state index in [9.17, 15) is 17.7 Å². The summed E-state index contributed by atoms with van der Waals surface area (Å²) in [6.45, 7) is -4.76. The first-order valence-electron chi connectivity index (χ1n) is 3.22. The largest absolute Gasteiger partial charge is 1.00 e. The predicted octanol–water partition coefficient (Wildman–Crippen LogP) is -1.04. The monoisotopic (exact) mass is 190 g/mol. The number of hydrogen-bond acceptors (Lipinski definition) is 1. The number of Topliss-reactive ketones (excluding diaryl/α,β-unsaturated/α-hetero) is 1. The summed E-state index contributed by atoms with van der Waals surface area (Å²) in [4.78, 5) is 10.4. The Balaban J connectivity index is 0.000001000. The van der Waals surface area contributed by atoms with Gasteiger partial charge in [-0.15, -0.1) is 0 Å². The molecule has 0 radical (unpaired) electrons. The van der Waals surface area contributed by atoms with Gasteiger partial charge in [0.05, 0.1) is 0 Å². The predicted molar refractivity (Wildman–Crippen MR) is 31.7 cm³/mol. The molecule has 1 saturated carbocycles. The summed E-state index contributed by atoms with van der Waals surface area (Å²) in [6, 6.07) is 0. The molecule has 1 rings (SSSR count). The quantitative estimate of drug-likeness (QED) is 0.483. The number of carbonyl (C=O) groups excluding carboxylic acids is 1. The van der Waals surface area contributed by atoms with E-state index >= 15 is 0 Å². The van der Waals surface area contributed by atoms with Crippen molar-refractivity contribution >= 4 is 12.8 Å². The van der Waals surface area contributed by atoms with Gasteiger partial charge in [-0.1, -0.05) is 12.2 Å². The first kappa shape index (κ1) is 12.2. The van der Waals surface area contributed by atoms with Gasteiger partial charge in [-0.05, 0) is 6.42 Å². The van der Waals surface area contributed by atoms with Crippen molar-refractivity contribution in [2.45, 2.75) is 25.1 Å². The summed E-state index contributed by atoms with van der Waals surface area (Å²) >= 11 is 0. The molecule has 1 unspecified atom stereocenters. The third-order valence-corrected chi connectivity index (χ3v) is 1.82. The van der Waals surface area contributed by atoms with E-state index in [1.54, 1.807) is 0 Å². The van der Waals surface area contributed by atoms with Crippen molar-refractivity contribution in [3.63, 3.8) is 0 Å². The second kappa shape index (κ2) is 4.41.